The van der Waals surface area contributed by atoms with Crippen molar-refractivity contribution < 1.29 is 13.2 Å². The van der Waals surface area contributed by atoms with Gasteiger partial charge in [-0.1, -0.05) is 6.92 Å². The minimum Gasteiger partial charge on any atom is -0.396 e. The molecular weight excluding hydrogens is 310 g/mol. The van der Waals surface area contributed by atoms with Gasteiger partial charge < -0.3 is 16.4 Å². The van der Waals surface area contributed by atoms with Crippen LogP contribution in [0.5, 0.6) is 0 Å². The Balaban J connectivity index is 2.45. The summed E-state index contributed by atoms with van der Waals surface area (Å²) >= 11 is 1.11. The Morgan fingerprint density at radius 2 is 2.05 bits per heavy atom. The number of nitrogens with two attached hydrogens (primary N) is 1. The summed E-state index contributed by atoms with van der Waals surface area (Å²) in [4.78, 5) is 12.5. The van der Waals surface area contributed by atoms with Crippen LogP contribution in [0, 0.1) is 0 Å². The smallest absolute Gasteiger partial charge is 0.263 e. The van der Waals surface area contributed by atoms with Crippen LogP contribution in [-0.4, -0.2) is 32.2 Å². The molecule has 0 unspecified atom stereocenters. The van der Waals surface area contributed by atoms with Gasteiger partial charge in [-0.3, -0.25) is 4.79 Å². The number of amides is 1. The second kappa shape index (κ2) is 5.84. The quantitative estimate of drug-likeness (QED) is 0.738. The zero-order chi connectivity index (χ0) is 15.8. The molecule has 6 nitrogen and oxygen atoms in total. The first kappa shape index (κ1) is 16.1. The summed E-state index contributed by atoms with van der Waals surface area (Å²) in [5, 5.41) is 6.37. The van der Waals surface area contributed by atoms with Gasteiger partial charge in [-0.15, -0.1) is 11.3 Å². The molecule has 1 heterocycles. The molecule has 0 spiro atoms. The highest BCUT2D eigenvalue weighted by molar-refractivity contribution is 7.91. The lowest BCUT2D eigenvalue weighted by atomic mass is 10.3. The fourth-order valence-electron chi connectivity index (χ4n) is 1.89. The first-order chi connectivity index (χ1) is 9.76. The molecule has 0 atom stereocenters. The summed E-state index contributed by atoms with van der Waals surface area (Å²) in [7, 11) is -3.49. The molecule has 1 aliphatic rings. The van der Waals surface area contributed by atoms with Gasteiger partial charge in [0.05, 0.1) is 11.4 Å². The Morgan fingerprint density at radius 1 is 1.43 bits per heavy atom. The van der Waals surface area contributed by atoms with E-state index in [1.807, 2.05) is 13.8 Å². The highest BCUT2D eigenvalue weighted by Gasteiger charge is 2.31. The molecule has 8 heteroatoms. The maximum absolute atomic E-state index is 12.2. The lowest BCUT2D eigenvalue weighted by Gasteiger charge is -2.10. The van der Waals surface area contributed by atoms with E-state index in [9.17, 15) is 13.2 Å². The molecule has 0 aromatic carbocycles. The molecule has 1 aromatic rings. The maximum atomic E-state index is 12.2. The van der Waals surface area contributed by atoms with E-state index in [-0.39, 0.29) is 39.2 Å². The van der Waals surface area contributed by atoms with Crippen LogP contribution < -0.4 is 16.4 Å². The third-order valence-corrected chi connectivity index (χ3v) is 6.20. The first-order valence-electron chi connectivity index (χ1n) is 6.98. The van der Waals surface area contributed by atoms with Crippen molar-refractivity contribution in [1.82, 2.24) is 5.32 Å². The number of hydrogen-bond donors (Lipinski definition) is 3. The molecule has 1 saturated carbocycles. The van der Waals surface area contributed by atoms with Crippen molar-refractivity contribution in [1.29, 1.82) is 0 Å². The zero-order valence-electron chi connectivity index (χ0n) is 12.4. The normalized spacial score (nSPS) is 15.2. The molecular formula is C13H21N3O3S2. The van der Waals surface area contributed by atoms with E-state index in [2.05, 4.69) is 10.6 Å². The number of sulfone groups is 1. The van der Waals surface area contributed by atoms with Gasteiger partial charge in [0.25, 0.3) is 5.91 Å². The van der Waals surface area contributed by atoms with Gasteiger partial charge in [0.2, 0.25) is 0 Å². The van der Waals surface area contributed by atoms with Crippen LogP contribution in [0.3, 0.4) is 0 Å². The van der Waals surface area contributed by atoms with E-state index in [0.717, 1.165) is 24.2 Å². The van der Waals surface area contributed by atoms with Crippen molar-refractivity contribution in [2.75, 3.05) is 16.8 Å². The number of carbonyl (C=O) groups excluding carboxylic acids is 1. The van der Waals surface area contributed by atoms with Crippen LogP contribution in [-0.2, 0) is 9.84 Å². The predicted octanol–water partition coefficient (Wildman–Crippen LogP) is 1.84. The van der Waals surface area contributed by atoms with E-state index in [1.165, 1.54) is 0 Å². The van der Waals surface area contributed by atoms with E-state index >= 15 is 0 Å². The Hall–Kier alpha value is -1.28. The highest BCUT2D eigenvalue weighted by Crippen LogP contribution is 2.40. The SMILES string of the molecule is CCS(=O)(=O)c1c(NC(C)C)sc(C(=O)NC2CC2)c1N. The van der Waals surface area contributed by atoms with Crippen LogP contribution in [0.25, 0.3) is 0 Å². The maximum Gasteiger partial charge on any atom is 0.263 e. The van der Waals surface area contributed by atoms with E-state index in [1.54, 1.807) is 6.92 Å². The van der Waals surface area contributed by atoms with E-state index in [0.29, 0.717) is 5.00 Å². The zero-order valence-corrected chi connectivity index (χ0v) is 14.0. The van der Waals surface area contributed by atoms with Crippen molar-refractivity contribution in [3.63, 3.8) is 0 Å². The molecule has 0 aliphatic heterocycles. The number of hydrogen-bond acceptors (Lipinski definition) is 6. The third kappa shape index (κ3) is 3.49. The first-order valence-corrected chi connectivity index (χ1v) is 9.45. The molecule has 0 radical (unpaired) electrons. The Bertz CT molecular complexity index is 646. The van der Waals surface area contributed by atoms with Crippen LogP contribution >= 0.6 is 11.3 Å². The fraction of sp³-hybridized carbons (Fsp3) is 0.615. The molecule has 21 heavy (non-hydrogen) atoms. The fourth-order valence-corrected chi connectivity index (χ4v) is 4.59. The second-order valence-electron chi connectivity index (χ2n) is 5.45. The van der Waals surface area contributed by atoms with Gasteiger partial charge in [-0.2, -0.15) is 0 Å². The topological polar surface area (TPSA) is 101 Å². The Labute approximate surface area is 129 Å². The van der Waals surface area contributed by atoms with Crippen molar-refractivity contribution >= 4 is 37.8 Å². The van der Waals surface area contributed by atoms with Gasteiger partial charge in [0, 0.05) is 12.1 Å². The van der Waals surface area contributed by atoms with Crippen LogP contribution in [0.1, 0.15) is 43.3 Å². The molecule has 0 bridgehead atoms. The standard InChI is InChI=1S/C13H21N3O3S2/c1-4-21(18,19)11-9(14)10(12(17)16-8-5-6-8)20-13(11)15-7(2)3/h7-8,15H,4-6,14H2,1-3H3,(H,16,17). The number of nitrogen functional groups attached to an aromatic ring is 1. The van der Waals surface area contributed by atoms with Crippen molar-refractivity contribution in [2.45, 2.75) is 50.6 Å². The van der Waals surface area contributed by atoms with E-state index in [4.69, 9.17) is 5.73 Å². The molecule has 1 aromatic heterocycles. The largest absolute Gasteiger partial charge is 0.396 e. The van der Waals surface area contributed by atoms with Gasteiger partial charge in [-0.25, -0.2) is 8.42 Å². The van der Waals surface area contributed by atoms with Crippen molar-refractivity contribution in [3.8, 4) is 0 Å². The number of carbonyl (C=O) groups is 1. The van der Waals surface area contributed by atoms with Crippen LogP contribution in [0.2, 0.25) is 0 Å². The summed E-state index contributed by atoms with van der Waals surface area (Å²) in [6.45, 7) is 5.37. The Kier molecular flexibility index (Phi) is 4.48. The summed E-state index contributed by atoms with van der Waals surface area (Å²) in [5.41, 5.74) is 6.03. The summed E-state index contributed by atoms with van der Waals surface area (Å²) in [5.74, 6) is -0.339. The van der Waals surface area contributed by atoms with Crippen LogP contribution in [0.4, 0.5) is 10.7 Å². The average Bonchev–Trinajstić information content (AvgIpc) is 3.12. The van der Waals surface area contributed by atoms with Crippen molar-refractivity contribution in [2.24, 2.45) is 0 Å². The molecule has 0 saturated heterocycles. The van der Waals surface area contributed by atoms with Crippen molar-refractivity contribution in [3.05, 3.63) is 4.88 Å². The lowest BCUT2D eigenvalue weighted by molar-refractivity contribution is 0.0956. The monoisotopic (exact) mass is 331 g/mol. The molecule has 2 rings (SSSR count). The van der Waals surface area contributed by atoms with Gasteiger partial charge in [-0.05, 0) is 26.7 Å². The summed E-state index contributed by atoms with van der Waals surface area (Å²) in [6.07, 6.45) is 1.93. The van der Waals surface area contributed by atoms with Gasteiger partial charge >= 0.3 is 0 Å². The molecule has 1 fully saturated rings. The van der Waals surface area contributed by atoms with Gasteiger partial charge in [0.1, 0.15) is 14.8 Å². The number of anilines is 2. The number of thiophene rings is 1. The number of rotatable bonds is 6. The van der Waals surface area contributed by atoms with Gasteiger partial charge in [0.15, 0.2) is 9.84 Å². The molecule has 1 amide bonds. The van der Waals surface area contributed by atoms with E-state index < -0.39 is 9.84 Å². The minimum absolute atomic E-state index is 0.0493. The predicted molar refractivity (Wildman–Crippen MR) is 85.7 cm³/mol. The third-order valence-electron chi connectivity index (χ3n) is 3.13. The highest BCUT2D eigenvalue weighted by atomic mass is 32.2. The van der Waals surface area contributed by atoms with Crippen LogP contribution in [0.15, 0.2) is 4.90 Å². The molecule has 1 aliphatic carbocycles. The average molecular weight is 331 g/mol. The minimum atomic E-state index is -3.49. The second-order valence-corrected chi connectivity index (χ2v) is 8.69. The number of nitrogens with one attached hydrogen (secondary N) is 2. The molecule has 118 valence electrons. The molecule has 4 N–H and O–H groups in total. The lowest BCUT2D eigenvalue weighted by Crippen LogP contribution is -2.25. The Morgan fingerprint density at radius 3 is 2.52 bits per heavy atom. The summed E-state index contributed by atoms with van der Waals surface area (Å²) in [6, 6.07) is 0.250. The summed E-state index contributed by atoms with van der Waals surface area (Å²) < 4.78 is 24.5.